The Balaban J connectivity index is 2.25. The predicted molar refractivity (Wildman–Crippen MR) is 152 cm³/mol. The molecule has 0 saturated carbocycles. The molecule has 2 aromatic rings. The summed E-state index contributed by atoms with van der Waals surface area (Å²) in [6, 6.07) is 8.77. The third-order valence-electron chi connectivity index (χ3n) is 7.01. The van der Waals surface area contributed by atoms with Crippen molar-refractivity contribution in [3.05, 3.63) is 70.8 Å². The molecule has 220 valence electrons. The van der Waals surface area contributed by atoms with Crippen molar-refractivity contribution in [2.24, 2.45) is 11.5 Å². The molecule has 6 N–H and O–H groups in total. The molecule has 7 nitrogen and oxygen atoms in total. The number of aliphatic hydroxyl groups excluding tert-OH is 2. The first-order valence-corrected chi connectivity index (χ1v) is 15.5. The summed E-state index contributed by atoms with van der Waals surface area (Å²) < 4.78 is 53.5. The van der Waals surface area contributed by atoms with E-state index in [9.17, 15) is 27.4 Å². The molecule has 0 aliphatic carbocycles. The van der Waals surface area contributed by atoms with E-state index < -0.39 is 56.9 Å². The summed E-state index contributed by atoms with van der Waals surface area (Å²) in [5, 5.41) is 21.7. The maximum atomic E-state index is 13.6. The number of nitrogens with zero attached hydrogens (tertiary/aromatic N) is 1. The van der Waals surface area contributed by atoms with Gasteiger partial charge in [-0.1, -0.05) is 57.9 Å². The first kappa shape index (κ1) is 33.3. The molecule has 0 radical (unpaired) electrons. The molecule has 0 bridgehead atoms. The number of sulfone groups is 1. The maximum Gasteiger partial charge on any atom is 0.154 e. The number of halogens is 2. The van der Waals surface area contributed by atoms with Crippen LogP contribution in [0.4, 0.5) is 8.78 Å². The summed E-state index contributed by atoms with van der Waals surface area (Å²) in [5.41, 5.74) is 14.7. The minimum Gasteiger partial charge on any atom is -0.390 e. The average Bonchev–Trinajstić information content (AvgIpc) is 2.86. The van der Waals surface area contributed by atoms with Crippen LogP contribution in [0.2, 0.25) is 0 Å². The van der Waals surface area contributed by atoms with Crippen LogP contribution in [0.1, 0.15) is 63.1 Å². The van der Waals surface area contributed by atoms with Crippen LogP contribution >= 0.6 is 0 Å². The van der Waals surface area contributed by atoms with Crippen LogP contribution in [-0.4, -0.2) is 65.5 Å². The van der Waals surface area contributed by atoms with Crippen LogP contribution in [0.15, 0.2) is 42.5 Å². The molecule has 0 fully saturated rings. The second kappa shape index (κ2) is 15.7. The molecule has 0 aromatic heterocycles. The van der Waals surface area contributed by atoms with Gasteiger partial charge >= 0.3 is 0 Å². The van der Waals surface area contributed by atoms with Gasteiger partial charge in [-0.3, -0.25) is 4.90 Å². The molecule has 0 heterocycles. The zero-order valence-electron chi connectivity index (χ0n) is 23.3. The van der Waals surface area contributed by atoms with Gasteiger partial charge in [-0.05, 0) is 54.5 Å². The van der Waals surface area contributed by atoms with Gasteiger partial charge in [0.2, 0.25) is 0 Å². The molecule has 2 rings (SSSR count). The smallest absolute Gasteiger partial charge is 0.154 e. The zero-order valence-corrected chi connectivity index (χ0v) is 24.1. The number of hydrogen-bond acceptors (Lipinski definition) is 7. The van der Waals surface area contributed by atoms with E-state index >= 15 is 0 Å². The van der Waals surface area contributed by atoms with Crippen LogP contribution < -0.4 is 11.5 Å². The molecule has 0 spiro atoms. The van der Waals surface area contributed by atoms with E-state index in [-0.39, 0.29) is 19.5 Å². The van der Waals surface area contributed by atoms with Crippen molar-refractivity contribution in [1.29, 1.82) is 0 Å². The predicted octanol–water partition coefficient (Wildman–Crippen LogP) is 3.29. The van der Waals surface area contributed by atoms with Gasteiger partial charge in [0.1, 0.15) is 17.9 Å². The van der Waals surface area contributed by atoms with E-state index in [1.165, 1.54) is 4.90 Å². The summed E-state index contributed by atoms with van der Waals surface area (Å²) in [5.74, 6) is -1.87. The Morgan fingerprint density at radius 1 is 0.872 bits per heavy atom. The van der Waals surface area contributed by atoms with Crippen molar-refractivity contribution < 1.29 is 27.4 Å². The lowest BCUT2D eigenvalue weighted by Crippen LogP contribution is -2.55. The first-order valence-electron chi connectivity index (χ1n) is 13.8. The molecule has 10 heteroatoms. The lowest BCUT2D eigenvalue weighted by molar-refractivity contribution is -0.0429. The maximum absolute atomic E-state index is 13.6. The molecule has 0 aliphatic rings. The van der Waals surface area contributed by atoms with Crippen LogP contribution in [0, 0.1) is 11.6 Å². The third-order valence-corrected chi connectivity index (χ3v) is 9.34. The molecule has 2 unspecified atom stereocenters. The highest BCUT2D eigenvalue weighted by atomic mass is 32.2. The summed E-state index contributed by atoms with van der Waals surface area (Å²) in [6.45, 7) is 5.95. The lowest BCUT2D eigenvalue weighted by Gasteiger charge is -2.35. The molecule has 0 amide bonds. The fourth-order valence-electron chi connectivity index (χ4n) is 4.87. The highest BCUT2D eigenvalue weighted by Crippen LogP contribution is 2.20. The summed E-state index contributed by atoms with van der Waals surface area (Å²) >= 11 is 0. The van der Waals surface area contributed by atoms with Gasteiger partial charge < -0.3 is 21.7 Å². The topological polar surface area (TPSA) is 130 Å². The fraction of sp³-hybridized carbons (Fsp3) is 0.586. The Morgan fingerprint density at radius 2 is 1.46 bits per heavy atom. The zero-order chi connectivity index (χ0) is 29.2. The number of aryl methyl sites for hydroxylation is 1. The molecule has 39 heavy (non-hydrogen) atoms. The Kier molecular flexibility index (Phi) is 13.4. The Bertz CT molecular complexity index is 1110. The van der Waals surface area contributed by atoms with E-state index in [2.05, 4.69) is 0 Å². The normalized spacial score (nSPS) is 15.5. The van der Waals surface area contributed by atoms with E-state index in [0.29, 0.717) is 18.4 Å². The van der Waals surface area contributed by atoms with E-state index in [1.54, 1.807) is 0 Å². The standard InChI is InChI=1S/C29H45F2N3O4S/c1-4-8-25(9-5-2)39(37,38)19-27(33)29(36)34(17-21-11-7-10-20(6-3)12-21)18-28(35)26(32)15-22-13-23(30)16-24(31)14-22/h7,10-14,16,25-29,35-36H,4-6,8-9,15,17-19,32-33H2,1-3H3/t26-,27?,28+,29?/m0/s1. The number of rotatable bonds is 17. The van der Waals surface area contributed by atoms with Crippen molar-refractivity contribution in [2.45, 2.75) is 95.5 Å². The van der Waals surface area contributed by atoms with Crippen LogP contribution in [0.3, 0.4) is 0 Å². The van der Waals surface area contributed by atoms with Gasteiger partial charge in [-0.15, -0.1) is 0 Å². The quantitative estimate of drug-likeness (QED) is 0.215. The van der Waals surface area contributed by atoms with E-state index in [4.69, 9.17) is 11.5 Å². The van der Waals surface area contributed by atoms with Gasteiger partial charge in [0.05, 0.1) is 23.1 Å². The van der Waals surface area contributed by atoms with Gasteiger partial charge in [-0.2, -0.15) is 0 Å². The molecule has 2 aromatic carbocycles. The number of aliphatic hydroxyl groups is 2. The Hall–Kier alpha value is -1.95. The summed E-state index contributed by atoms with van der Waals surface area (Å²) in [7, 11) is -3.57. The van der Waals surface area contributed by atoms with Crippen LogP contribution in [-0.2, 0) is 29.2 Å². The van der Waals surface area contributed by atoms with Crippen molar-refractivity contribution >= 4 is 9.84 Å². The van der Waals surface area contributed by atoms with Gasteiger partial charge in [0.15, 0.2) is 9.84 Å². The molecule has 4 atom stereocenters. The third kappa shape index (κ3) is 10.5. The largest absolute Gasteiger partial charge is 0.390 e. The monoisotopic (exact) mass is 569 g/mol. The Labute approximate surface area is 232 Å². The van der Waals surface area contributed by atoms with Gasteiger partial charge in [-0.25, -0.2) is 17.2 Å². The van der Waals surface area contributed by atoms with Crippen molar-refractivity contribution in [3.63, 3.8) is 0 Å². The number of benzene rings is 2. The van der Waals surface area contributed by atoms with Crippen molar-refractivity contribution in [3.8, 4) is 0 Å². The number of nitrogens with two attached hydrogens (primary N) is 2. The second-order valence-corrected chi connectivity index (χ2v) is 12.7. The summed E-state index contributed by atoms with van der Waals surface area (Å²) in [4.78, 5) is 1.51. The molecular weight excluding hydrogens is 524 g/mol. The van der Waals surface area contributed by atoms with E-state index in [1.807, 2.05) is 45.0 Å². The summed E-state index contributed by atoms with van der Waals surface area (Å²) in [6.07, 6.45) is 0.728. The van der Waals surface area contributed by atoms with Crippen LogP contribution in [0.25, 0.3) is 0 Å². The SMILES string of the molecule is CCCC(CCC)S(=O)(=O)CC(N)C(O)N(Cc1cccc(CC)c1)C[C@@H](O)[C@@H](N)Cc1cc(F)cc(F)c1. The average molecular weight is 570 g/mol. The van der Waals surface area contributed by atoms with Crippen molar-refractivity contribution in [2.75, 3.05) is 12.3 Å². The highest BCUT2D eigenvalue weighted by molar-refractivity contribution is 7.92. The molecule has 0 saturated heterocycles. The minimum absolute atomic E-state index is 0.00124. The second-order valence-electron chi connectivity index (χ2n) is 10.4. The molecular formula is C29H45F2N3O4S. The highest BCUT2D eigenvalue weighted by Gasteiger charge is 2.33. The van der Waals surface area contributed by atoms with E-state index in [0.717, 1.165) is 48.6 Å². The van der Waals surface area contributed by atoms with Gasteiger partial charge in [0.25, 0.3) is 0 Å². The molecule has 0 aliphatic heterocycles. The fourth-order valence-corrected chi connectivity index (χ4v) is 7.04. The van der Waals surface area contributed by atoms with Gasteiger partial charge in [0, 0.05) is 25.2 Å². The van der Waals surface area contributed by atoms with Crippen LogP contribution in [0.5, 0.6) is 0 Å². The number of hydrogen-bond donors (Lipinski definition) is 4. The first-order chi connectivity index (χ1) is 18.4. The minimum atomic E-state index is -3.57. The van der Waals surface area contributed by atoms with Crippen molar-refractivity contribution in [1.82, 2.24) is 4.90 Å². The lowest BCUT2D eigenvalue weighted by atomic mass is 10.0. The Morgan fingerprint density at radius 3 is 2.03 bits per heavy atom.